The third-order valence-corrected chi connectivity index (χ3v) is 4.22. The molecule has 1 atom stereocenters. The van der Waals surface area contributed by atoms with E-state index in [9.17, 15) is 4.79 Å². The Bertz CT molecular complexity index is 286. The normalized spacial score (nSPS) is 14.2. The van der Waals surface area contributed by atoms with Gasteiger partial charge in [0.25, 0.3) is 0 Å². The van der Waals surface area contributed by atoms with Crippen LogP contribution in [0.15, 0.2) is 10.7 Å². The van der Waals surface area contributed by atoms with E-state index in [-0.39, 0.29) is 11.2 Å². The van der Waals surface area contributed by atoms with E-state index in [1.165, 1.54) is 4.99 Å². The van der Waals surface area contributed by atoms with Crippen LogP contribution in [0.5, 0.6) is 0 Å². The molecular weight excluding hydrogens is 319 g/mol. The van der Waals surface area contributed by atoms with E-state index in [1.807, 2.05) is 6.92 Å². The maximum Gasteiger partial charge on any atom is 0.374 e. The second kappa shape index (κ2) is 8.89. The molecule has 0 bridgehead atoms. The van der Waals surface area contributed by atoms with Gasteiger partial charge in [-0.1, -0.05) is 36.7 Å². The first-order chi connectivity index (χ1) is 8.34. The molecule has 0 amide bonds. The minimum Gasteiger partial charge on any atom is -0.460 e. The molecule has 6 heteroatoms. The Balaban J connectivity index is 4.59. The summed E-state index contributed by atoms with van der Waals surface area (Å²) in [7, 11) is -1.14. The molecule has 0 saturated heterocycles. The number of ether oxygens (including phenoxy) is 1. The SMILES string of the molecule is CCOC(=O)/C(=C\Br)OP(CC(C)(C)C)OCC. The second-order valence-corrected chi connectivity index (χ2v) is 6.63. The largest absolute Gasteiger partial charge is 0.460 e. The van der Waals surface area contributed by atoms with Crippen LogP contribution in [-0.2, 0) is 18.6 Å². The lowest BCUT2D eigenvalue weighted by molar-refractivity contribution is -0.141. The summed E-state index contributed by atoms with van der Waals surface area (Å²) in [6.45, 7) is 10.8. The molecule has 0 radical (unpaired) electrons. The summed E-state index contributed by atoms with van der Waals surface area (Å²) in [6.07, 6.45) is 0.750. The number of hydrogen-bond donors (Lipinski definition) is 0. The number of halogens is 1. The van der Waals surface area contributed by atoms with Crippen LogP contribution in [0.3, 0.4) is 0 Å². The van der Waals surface area contributed by atoms with Crippen molar-refractivity contribution >= 4 is 30.3 Å². The fraction of sp³-hybridized carbons (Fsp3) is 0.750. The van der Waals surface area contributed by atoms with E-state index < -0.39 is 14.3 Å². The fourth-order valence-electron chi connectivity index (χ4n) is 1.05. The van der Waals surface area contributed by atoms with Gasteiger partial charge in [-0.25, -0.2) is 4.79 Å². The van der Waals surface area contributed by atoms with Crippen molar-refractivity contribution in [3.63, 3.8) is 0 Å². The molecule has 0 N–H and O–H groups in total. The predicted octanol–water partition coefficient (Wildman–Crippen LogP) is 4.20. The Morgan fingerprint density at radius 2 is 1.89 bits per heavy atom. The number of esters is 1. The number of rotatable bonds is 7. The Labute approximate surface area is 119 Å². The van der Waals surface area contributed by atoms with Gasteiger partial charge in [-0.15, -0.1) is 0 Å². The lowest BCUT2D eigenvalue weighted by atomic mass is 10.0. The highest BCUT2D eigenvalue weighted by atomic mass is 79.9. The minimum absolute atomic E-state index is 0.0763. The number of hydrogen-bond acceptors (Lipinski definition) is 4. The maximum absolute atomic E-state index is 11.6. The molecule has 0 aliphatic heterocycles. The van der Waals surface area contributed by atoms with Crippen molar-refractivity contribution in [3.05, 3.63) is 10.7 Å². The van der Waals surface area contributed by atoms with Gasteiger partial charge >= 0.3 is 5.97 Å². The molecule has 0 heterocycles. The van der Waals surface area contributed by atoms with Gasteiger partial charge in [0.2, 0.25) is 14.1 Å². The first-order valence-corrected chi connectivity index (χ1v) is 8.17. The van der Waals surface area contributed by atoms with Gasteiger partial charge in [-0.3, -0.25) is 0 Å². The van der Waals surface area contributed by atoms with Gasteiger partial charge in [0.15, 0.2) is 0 Å². The Morgan fingerprint density at radius 1 is 1.28 bits per heavy atom. The van der Waals surface area contributed by atoms with Crippen molar-refractivity contribution in [2.45, 2.75) is 34.6 Å². The standard InChI is InChI=1S/C12H22BrO4P/c1-6-15-11(14)10(8-13)17-18(16-7-2)9-12(3,4)5/h8H,6-7,9H2,1-5H3/b10-8+. The Kier molecular flexibility index (Phi) is 8.83. The van der Waals surface area contributed by atoms with E-state index in [4.69, 9.17) is 13.8 Å². The lowest BCUT2D eigenvalue weighted by Crippen LogP contribution is -2.15. The quantitative estimate of drug-likeness (QED) is 0.301. The second-order valence-electron chi connectivity index (χ2n) is 4.75. The third kappa shape index (κ3) is 8.06. The third-order valence-electron chi connectivity index (χ3n) is 1.65. The molecule has 4 nitrogen and oxygen atoms in total. The zero-order valence-corrected chi connectivity index (χ0v) is 14.1. The molecule has 0 aromatic heterocycles. The average molecular weight is 341 g/mol. The topological polar surface area (TPSA) is 44.8 Å². The van der Waals surface area contributed by atoms with Gasteiger partial charge in [0.05, 0.1) is 13.2 Å². The summed E-state index contributed by atoms with van der Waals surface area (Å²) < 4.78 is 16.1. The predicted molar refractivity (Wildman–Crippen MR) is 77.6 cm³/mol. The summed E-state index contributed by atoms with van der Waals surface area (Å²) in [4.78, 5) is 13.0. The monoisotopic (exact) mass is 340 g/mol. The highest BCUT2D eigenvalue weighted by Crippen LogP contribution is 2.45. The first-order valence-electron chi connectivity index (χ1n) is 5.90. The molecule has 0 aromatic rings. The number of carbonyl (C=O) groups is 1. The zero-order chi connectivity index (χ0) is 14.2. The van der Waals surface area contributed by atoms with Crippen LogP contribution in [0.2, 0.25) is 0 Å². The van der Waals surface area contributed by atoms with Crippen molar-refractivity contribution in [2.75, 3.05) is 19.4 Å². The molecule has 106 valence electrons. The smallest absolute Gasteiger partial charge is 0.374 e. The Morgan fingerprint density at radius 3 is 2.28 bits per heavy atom. The van der Waals surface area contributed by atoms with Crippen molar-refractivity contribution in [3.8, 4) is 0 Å². The lowest BCUT2D eigenvalue weighted by Gasteiger charge is -2.25. The maximum atomic E-state index is 11.6. The Hall–Kier alpha value is -0.120. The first kappa shape index (κ1) is 17.9. The van der Waals surface area contributed by atoms with Crippen LogP contribution in [-0.4, -0.2) is 25.3 Å². The summed E-state index contributed by atoms with van der Waals surface area (Å²) >= 11 is 3.11. The van der Waals surface area contributed by atoms with Gasteiger partial charge in [-0.2, -0.15) is 0 Å². The highest BCUT2D eigenvalue weighted by Gasteiger charge is 2.25. The van der Waals surface area contributed by atoms with Crippen molar-refractivity contribution in [1.82, 2.24) is 0 Å². The van der Waals surface area contributed by atoms with Crippen molar-refractivity contribution in [1.29, 1.82) is 0 Å². The fourth-order valence-corrected chi connectivity index (χ4v) is 3.09. The van der Waals surface area contributed by atoms with E-state index >= 15 is 0 Å². The average Bonchev–Trinajstić information content (AvgIpc) is 2.24. The molecule has 18 heavy (non-hydrogen) atoms. The van der Waals surface area contributed by atoms with E-state index in [2.05, 4.69) is 36.7 Å². The van der Waals surface area contributed by atoms with Crippen molar-refractivity contribution < 1.29 is 18.6 Å². The van der Waals surface area contributed by atoms with E-state index in [0.29, 0.717) is 13.2 Å². The van der Waals surface area contributed by atoms with Crippen LogP contribution in [0, 0.1) is 5.41 Å². The summed E-state index contributed by atoms with van der Waals surface area (Å²) in [5.74, 6) is -0.323. The number of carbonyl (C=O) groups excluding carboxylic acids is 1. The van der Waals surface area contributed by atoms with Gasteiger partial charge in [0.1, 0.15) is 0 Å². The molecule has 1 unspecified atom stereocenters. The molecule has 0 saturated carbocycles. The molecular formula is C12H22BrO4P. The van der Waals surface area contributed by atoms with Crippen LogP contribution in [0.4, 0.5) is 0 Å². The molecule has 0 spiro atoms. The molecule has 0 aromatic carbocycles. The van der Waals surface area contributed by atoms with Crippen LogP contribution >= 0.6 is 24.3 Å². The minimum atomic E-state index is -1.14. The van der Waals surface area contributed by atoms with E-state index in [1.54, 1.807) is 6.92 Å². The van der Waals surface area contributed by atoms with Crippen molar-refractivity contribution in [2.24, 2.45) is 5.41 Å². The summed E-state index contributed by atoms with van der Waals surface area (Å²) in [5.41, 5.74) is 0.0763. The zero-order valence-electron chi connectivity index (χ0n) is 11.7. The molecule has 0 aliphatic carbocycles. The van der Waals surface area contributed by atoms with Crippen LogP contribution in [0.1, 0.15) is 34.6 Å². The van der Waals surface area contributed by atoms with Gasteiger partial charge in [-0.05, 0) is 19.3 Å². The molecule has 0 aliphatic rings. The summed E-state index contributed by atoms with van der Waals surface area (Å²) in [5, 5.41) is 0. The van der Waals surface area contributed by atoms with Gasteiger partial charge < -0.3 is 13.8 Å². The van der Waals surface area contributed by atoms with Gasteiger partial charge in [0, 0.05) is 11.1 Å². The molecule has 0 fully saturated rings. The van der Waals surface area contributed by atoms with Crippen LogP contribution in [0.25, 0.3) is 0 Å². The summed E-state index contributed by atoms with van der Waals surface area (Å²) in [6, 6.07) is 0. The molecule has 0 rings (SSSR count). The highest BCUT2D eigenvalue weighted by molar-refractivity contribution is 9.11. The van der Waals surface area contributed by atoms with Crippen LogP contribution < -0.4 is 0 Å². The van der Waals surface area contributed by atoms with E-state index in [0.717, 1.165) is 6.16 Å².